The first-order valence-electron chi connectivity index (χ1n) is 8.29. The van der Waals surface area contributed by atoms with Crippen LogP contribution in [-0.2, 0) is 0 Å². The maximum absolute atomic E-state index is 14.3. The predicted octanol–water partition coefficient (Wildman–Crippen LogP) is 3.80. The third kappa shape index (κ3) is 3.78. The summed E-state index contributed by atoms with van der Waals surface area (Å²) in [5.41, 5.74) is 7.19. The number of rotatable bonds is 3. The van der Waals surface area contributed by atoms with Crippen LogP contribution < -0.4 is 10.6 Å². The summed E-state index contributed by atoms with van der Waals surface area (Å²) >= 11 is 5.98. The Morgan fingerprint density at radius 3 is 2.60 bits per heavy atom. The Hall–Kier alpha value is -2.11. The molecule has 3 rings (SSSR count). The van der Waals surface area contributed by atoms with E-state index in [9.17, 15) is 9.18 Å². The second-order valence-electron chi connectivity index (χ2n) is 6.39. The molecule has 0 aromatic heterocycles. The minimum atomic E-state index is -0.582. The highest BCUT2D eigenvalue weighted by molar-refractivity contribution is 6.31. The van der Waals surface area contributed by atoms with E-state index in [-0.39, 0.29) is 11.6 Å². The molecule has 0 unspecified atom stereocenters. The molecule has 2 aromatic carbocycles. The van der Waals surface area contributed by atoms with Crippen molar-refractivity contribution < 1.29 is 9.18 Å². The fourth-order valence-electron chi connectivity index (χ4n) is 3.22. The number of likely N-dealkylation sites (tertiary alicyclic amines) is 1. The minimum Gasteiger partial charge on any atom is -0.397 e. The van der Waals surface area contributed by atoms with Gasteiger partial charge in [-0.2, -0.15) is 0 Å². The largest absolute Gasteiger partial charge is 0.397 e. The summed E-state index contributed by atoms with van der Waals surface area (Å²) < 4.78 is 14.3. The van der Waals surface area contributed by atoms with Crippen molar-refractivity contribution in [2.75, 3.05) is 30.8 Å². The smallest absolute Gasteiger partial charge is 0.261 e. The molecular weight excluding hydrogens is 341 g/mol. The van der Waals surface area contributed by atoms with Crippen molar-refractivity contribution in [3.63, 3.8) is 0 Å². The zero-order chi connectivity index (χ0) is 18.0. The van der Waals surface area contributed by atoms with Gasteiger partial charge in [0.1, 0.15) is 5.82 Å². The van der Waals surface area contributed by atoms with E-state index in [0.717, 1.165) is 25.9 Å². The molecule has 0 aliphatic carbocycles. The van der Waals surface area contributed by atoms with Crippen molar-refractivity contribution >= 4 is 28.9 Å². The van der Waals surface area contributed by atoms with Gasteiger partial charge in [-0.05, 0) is 63.3 Å². The number of carbonyl (C=O) groups is 1. The van der Waals surface area contributed by atoms with Crippen molar-refractivity contribution in [2.45, 2.75) is 18.9 Å². The molecule has 2 aromatic rings. The lowest BCUT2D eigenvalue weighted by Gasteiger charge is -2.38. The van der Waals surface area contributed by atoms with Crippen LogP contribution in [0.25, 0.3) is 0 Å². The molecule has 1 aliphatic heterocycles. The number of benzene rings is 2. The number of nitrogens with zero attached hydrogens (tertiary/aromatic N) is 2. The van der Waals surface area contributed by atoms with Gasteiger partial charge >= 0.3 is 0 Å². The van der Waals surface area contributed by atoms with Crippen LogP contribution in [0.1, 0.15) is 23.2 Å². The van der Waals surface area contributed by atoms with Crippen molar-refractivity contribution in [2.24, 2.45) is 0 Å². The van der Waals surface area contributed by atoms with Crippen molar-refractivity contribution in [3.05, 3.63) is 58.9 Å². The second-order valence-corrected chi connectivity index (χ2v) is 6.83. The molecule has 1 saturated heterocycles. The van der Waals surface area contributed by atoms with E-state index in [4.69, 9.17) is 17.3 Å². The fourth-order valence-corrected chi connectivity index (χ4v) is 3.40. The lowest BCUT2D eigenvalue weighted by molar-refractivity contribution is 0.0960. The molecule has 132 valence electrons. The van der Waals surface area contributed by atoms with Crippen LogP contribution in [0.2, 0.25) is 5.02 Å². The normalized spacial score (nSPS) is 16.0. The highest BCUT2D eigenvalue weighted by Crippen LogP contribution is 2.31. The number of amides is 1. The summed E-state index contributed by atoms with van der Waals surface area (Å²) in [5.74, 6) is -0.991. The number of hydrogen-bond acceptors (Lipinski definition) is 3. The summed E-state index contributed by atoms with van der Waals surface area (Å²) in [4.78, 5) is 17.1. The molecule has 1 fully saturated rings. The minimum absolute atomic E-state index is 0.0327. The van der Waals surface area contributed by atoms with E-state index in [1.807, 2.05) is 12.1 Å². The number of hydrogen-bond donors (Lipinski definition) is 1. The van der Waals surface area contributed by atoms with Crippen molar-refractivity contribution in [3.8, 4) is 0 Å². The molecule has 0 saturated carbocycles. The summed E-state index contributed by atoms with van der Waals surface area (Å²) in [6.07, 6.45) is 1.61. The summed E-state index contributed by atoms with van der Waals surface area (Å²) in [7, 11) is 2.05. The fraction of sp³-hybridized carbons (Fsp3) is 0.316. The first kappa shape index (κ1) is 17.7. The molecule has 1 heterocycles. The van der Waals surface area contributed by atoms with Crippen LogP contribution in [0.5, 0.6) is 0 Å². The SMILES string of the molecule is CN1CCC(N(C(=O)c2cc(Cl)ccc2F)c2ccccc2N)CC1. The van der Waals surface area contributed by atoms with E-state index >= 15 is 0 Å². The Kier molecular flexibility index (Phi) is 5.25. The summed E-state index contributed by atoms with van der Waals surface area (Å²) in [6.45, 7) is 1.75. The lowest BCUT2D eigenvalue weighted by Crippen LogP contribution is -2.47. The van der Waals surface area contributed by atoms with E-state index in [0.29, 0.717) is 16.4 Å². The zero-order valence-electron chi connectivity index (χ0n) is 14.1. The summed E-state index contributed by atoms with van der Waals surface area (Å²) in [6, 6.07) is 11.2. The van der Waals surface area contributed by atoms with Crippen LogP contribution in [0, 0.1) is 5.82 Å². The van der Waals surface area contributed by atoms with Gasteiger partial charge in [0.15, 0.2) is 0 Å². The Morgan fingerprint density at radius 2 is 1.92 bits per heavy atom. The molecule has 2 N–H and O–H groups in total. The molecule has 1 aliphatic rings. The van der Waals surface area contributed by atoms with E-state index in [1.54, 1.807) is 17.0 Å². The highest BCUT2D eigenvalue weighted by Gasteiger charge is 2.31. The van der Waals surface area contributed by atoms with E-state index < -0.39 is 11.7 Å². The quantitative estimate of drug-likeness (QED) is 0.846. The maximum atomic E-state index is 14.3. The van der Waals surface area contributed by atoms with E-state index in [1.165, 1.54) is 18.2 Å². The van der Waals surface area contributed by atoms with Gasteiger partial charge in [-0.1, -0.05) is 23.7 Å². The third-order valence-electron chi connectivity index (χ3n) is 4.63. The Morgan fingerprint density at radius 1 is 1.24 bits per heavy atom. The van der Waals surface area contributed by atoms with Crippen LogP contribution in [0.15, 0.2) is 42.5 Å². The molecule has 6 heteroatoms. The lowest BCUT2D eigenvalue weighted by atomic mass is 10.0. The van der Waals surface area contributed by atoms with Crippen LogP contribution >= 0.6 is 11.6 Å². The van der Waals surface area contributed by atoms with Gasteiger partial charge in [-0.15, -0.1) is 0 Å². The average molecular weight is 362 g/mol. The average Bonchev–Trinajstić information content (AvgIpc) is 2.60. The first-order chi connectivity index (χ1) is 12.0. The number of para-hydroxylation sites is 2. The highest BCUT2D eigenvalue weighted by atomic mass is 35.5. The van der Waals surface area contributed by atoms with Crippen molar-refractivity contribution in [1.82, 2.24) is 4.90 Å². The van der Waals surface area contributed by atoms with Crippen LogP contribution in [0.3, 0.4) is 0 Å². The third-order valence-corrected chi connectivity index (χ3v) is 4.86. The summed E-state index contributed by atoms with van der Waals surface area (Å²) in [5, 5.41) is 0.328. The Balaban J connectivity index is 2.03. The standard InChI is InChI=1S/C19H21ClFN3O/c1-23-10-8-14(9-11-23)24(18-5-3-2-4-17(18)22)19(25)15-12-13(20)6-7-16(15)21/h2-7,12,14H,8-11,22H2,1H3. The van der Waals surface area contributed by atoms with Gasteiger partial charge in [-0.3, -0.25) is 4.79 Å². The number of nitrogen functional groups attached to an aromatic ring is 1. The van der Waals surface area contributed by atoms with Crippen molar-refractivity contribution in [1.29, 1.82) is 0 Å². The molecule has 0 bridgehead atoms. The number of nitrogens with two attached hydrogens (primary N) is 1. The number of carbonyl (C=O) groups excluding carboxylic acids is 1. The van der Waals surface area contributed by atoms with Gasteiger partial charge < -0.3 is 15.5 Å². The van der Waals surface area contributed by atoms with Gasteiger partial charge in [0.25, 0.3) is 5.91 Å². The molecule has 1 amide bonds. The first-order valence-corrected chi connectivity index (χ1v) is 8.67. The Labute approximate surface area is 152 Å². The zero-order valence-corrected chi connectivity index (χ0v) is 14.8. The molecule has 25 heavy (non-hydrogen) atoms. The van der Waals surface area contributed by atoms with Gasteiger partial charge in [0.2, 0.25) is 0 Å². The number of anilines is 2. The number of halogens is 2. The van der Waals surface area contributed by atoms with Crippen LogP contribution in [-0.4, -0.2) is 37.0 Å². The topological polar surface area (TPSA) is 49.6 Å². The predicted molar refractivity (Wildman–Crippen MR) is 99.6 cm³/mol. The Bertz CT molecular complexity index is 775. The molecule has 0 spiro atoms. The molecule has 0 radical (unpaired) electrons. The monoisotopic (exact) mass is 361 g/mol. The molecule has 4 nitrogen and oxygen atoms in total. The second kappa shape index (κ2) is 7.42. The maximum Gasteiger partial charge on any atom is 0.261 e. The van der Waals surface area contributed by atoms with Gasteiger partial charge in [0, 0.05) is 11.1 Å². The molecule has 0 atom stereocenters. The van der Waals surface area contributed by atoms with Gasteiger partial charge in [0.05, 0.1) is 16.9 Å². The molecular formula is C19H21ClFN3O. The van der Waals surface area contributed by atoms with Crippen LogP contribution in [0.4, 0.5) is 15.8 Å². The van der Waals surface area contributed by atoms with Gasteiger partial charge in [-0.25, -0.2) is 4.39 Å². The van der Waals surface area contributed by atoms with E-state index in [2.05, 4.69) is 11.9 Å². The number of piperidine rings is 1.